The minimum absolute atomic E-state index is 0.0150. The quantitative estimate of drug-likeness (QED) is 0.775. The number of anilines is 1. The predicted molar refractivity (Wildman–Crippen MR) is 87.9 cm³/mol. The molecule has 2 aromatic heterocycles. The Labute approximate surface area is 148 Å². The maximum Gasteiger partial charge on any atom is 0.433 e. The van der Waals surface area contributed by atoms with Crippen LogP contribution in [0.25, 0.3) is 0 Å². The summed E-state index contributed by atoms with van der Waals surface area (Å²) in [5.41, 5.74) is -0.178. The predicted octanol–water partition coefficient (Wildman–Crippen LogP) is 3.13. The van der Waals surface area contributed by atoms with Gasteiger partial charge in [-0.15, -0.1) is 0 Å². The molecule has 0 N–H and O–H groups in total. The number of aromatic nitrogens is 3. The Kier molecular flexibility index (Phi) is 5.36. The Morgan fingerprint density at radius 3 is 2.77 bits per heavy atom. The van der Waals surface area contributed by atoms with E-state index >= 15 is 0 Å². The number of hydrogen-bond acceptors (Lipinski definition) is 5. The summed E-state index contributed by atoms with van der Waals surface area (Å²) in [6.45, 7) is 2.05. The second-order valence-corrected chi connectivity index (χ2v) is 6.41. The van der Waals surface area contributed by atoms with Gasteiger partial charge in [-0.2, -0.15) is 13.2 Å². The van der Waals surface area contributed by atoms with E-state index in [-0.39, 0.29) is 17.7 Å². The lowest BCUT2D eigenvalue weighted by molar-refractivity contribution is -0.141. The fourth-order valence-corrected chi connectivity index (χ4v) is 3.17. The smallest absolute Gasteiger partial charge is 0.355 e. The third-order valence-corrected chi connectivity index (χ3v) is 4.50. The van der Waals surface area contributed by atoms with Crippen LogP contribution in [0.15, 0.2) is 30.9 Å². The van der Waals surface area contributed by atoms with Crippen LogP contribution in [0, 0.1) is 5.82 Å². The van der Waals surface area contributed by atoms with Gasteiger partial charge in [0.2, 0.25) is 0 Å². The molecule has 26 heavy (non-hydrogen) atoms. The van der Waals surface area contributed by atoms with Crippen LogP contribution in [-0.4, -0.2) is 46.0 Å². The zero-order chi connectivity index (χ0) is 18.7. The van der Waals surface area contributed by atoms with Gasteiger partial charge in [-0.3, -0.25) is 9.88 Å². The van der Waals surface area contributed by atoms with E-state index in [4.69, 9.17) is 0 Å². The van der Waals surface area contributed by atoms with Gasteiger partial charge in [0.15, 0.2) is 0 Å². The third kappa shape index (κ3) is 4.46. The Bertz CT molecular complexity index is 752. The lowest BCUT2D eigenvalue weighted by atomic mass is 10.0. The minimum atomic E-state index is -4.50. The Hall–Kier alpha value is -2.29. The summed E-state index contributed by atoms with van der Waals surface area (Å²) in [6.07, 6.45) is 0.962. The van der Waals surface area contributed by atoms with E-state index in [9.17, 15) is 17.6 Å². The average Bonchev–Trinajstić information content (AvgIpc) is 2.61. The molecule has 5 nitrogen and oxygen atoms in total. The molecule has 0 bridgehead atoms. The van der Waals surface area contributed by atoms with Gasteiger partial charge in [0.05, 0.1) is 6.20 Å². The molecule has 2 aromatic rings. The van der Waals surface area contributed by atoms with Gasteiger partial charge < -0.3 is 4.90 Å². The minimum Gasteiger partial charge on any atom is -0.355 e. The van der Waals surface area contributed by atoms with Crippen molar-refractivity contribution in [3.63, 3.8) is 0 Å². The maximum absolute atomic E-state index is 13.3. The molecule has 1 unspecified atom stereocenters. The topological polar surface area (TPSA) is 45.2 Å². The highest BCUT2D eigenvalue weighted by Gasteiger charge is 2.33. The van der Waals surface area contributed by atoms with Gasteiger partial charge in [-0.1, -0.05) is 0 Å². The van der Waals surface area contributed by atoms with Crippen molar-refractivity contribution in [2.45, 2.75) is 31.6 Å². The van der Waals surface area contributed by atoms with Gasteiger partial charge in [0, 0.05) is 38.4 Å². The van der Waals surface area contributed by atoms with Crippen LogP contribution in [0.1, 0.15) is 24.1 Å². The number of pyridine rings is 1. The van der Waals surface area contributed by atoms with E-state index < -0.39 is 11.9 Å². The summed E-state index contributed by atoms with van der Waals surface area (Å²) in [5.74, 6) is -0.138. The average molecular weight is 369 g/mol. The number of alkyl halides is 3. The lowest BCUT2D eigenvalue weighted by Crippen LogP contribution is -2.46. The van der Waals surface area contributed by atoms with Crippen molar-refractivity contribution in [3.05, 3.63) is 47.9 Å². The molecule has 0 saturated carbocycles. The number of likely N-dealkylation sites (N-methyl/N-ethyl adjacent to an activating group) is 1. The van der Waals surface area contributed by atoms with Crippen LogP contribution >= 0.6 is 0 Å². The summed E-state index contributed by atoms with van der Waals surface area (Å²) < 4.78 is 51.9. The van der Waals surface area contributed by atoms with Crippen LogP contribution in [0.3, 0.4) is 0 Å². The summed E-state index contributed by atoms with van der Waals surface area (Å²) in [7, 11) is 1.74. The molecule has 0 spiro atoms. The van der Waals surface area contributed by atoms with Crippen LogP contribution in [0.5, 0.6) is 0 Å². The summed E-state index contributed by atoms with van der Waals surface area (Å²) in [6, 6.07) is 2.43. The number of rotatable bonds is 4. The molecule has 0 amide bonds. The molecule has 1 fully saturated rings. The molecule has 9 heteroatoms. The maximum atomic E-state index is 13.3. The van der Waals surface area contributed by atoms with Gasteiger partial charge in [0.1, 0.15) is 23.7 Å². The first-order valence-electron chi connectivity index (χ1n) is 8.27. The van der Waals surface area contributed by atoms with Crippen LogP contribution in [0.2, 0.25) is 0 Å². The van der Waals surface area contributed by atoms with Crippen LogP contribution in [0.4, 0.5) is 23.4 Å². The van der Waals surface area contributed by atoms with Crippen molar-refractivity contribution in [1.82, 2.24) is 19.9 Å². The standard InChI is InChI=1S/C17H19F4N5/c1-25(16-6-15(17(19,20)21)23-11-24-16)14-3-2-4-26(10-14)9-12-5-13(18)8-22-7-12/h5-8,11,14H,2-4,9-10H2,1H3. The molecule has 1 saturated heterocycles. The van der Waals surface area contributed by atoms with E-state index in [1.807, 2.05) is 0 Å². The first-order chi connectivity index (χ1) is 12.3. The number of hydrogen-bond donors (Lipinski definition) is 0. The fraction of sp³-hybridized carbons (Fsp3) is 0.471. The Morgan fingerprint density at radius 1 is 1.23 bits per heavy atom. The molecule has 1 atom stereocenters. The highest BCUT2D eigenvalue weighted by Crippen LogP contribution is 2.29. The van der Waals surface area contributed by atoms with Crippen LogP contribution < -0.4 is 4.90 Å². The van der Waals surface area contributed by atoms with Crippen molar-refractivity contribution in [1.29, 1.82) is 0 Å². The molecule has 1 aliphatic heterocycles. The summed E-state index contributed by atoms with van der Waals surface area (Å²) >= 11 is 0. The van der Waals surface area contributed by atoms with Crippen molar-refractivity contribution >= 4 is 5.82 Å². The monoisotopic (exact) mass is 369 g/mol. The summed E-state index contributed by atoms with van der Waals surface area (Å²) in [5, 5.41) is 0. The first kappa shape index (κ1) is 18.5. The SMILES string of the molecule is CN(c1cc(C(F)(F)F)ncn1)C1CCCN(Cc2cncc(F)c2)C1. The van der Waals surface area contributed by atoms with Crippen molar-refractivity contribution in [3.8, 4) is 0 Å². The second kappa shape index (κ2) is 7.53. The van der Waals surface area contributed by atoms with Crippen LogP contribution in [-0.2, 0) is 12.7 Å². The molecular formula is C17H19F4N5. The molecule has 0 radical (unpaired) electrons. The van der Waals surface area contributed by atoms with Gasteiger partial charge in [-0.25, -0.2) is 14.4 Å². The third-order valence-electron chi connectivity index (χ3n) is 4.50. The van der Waals surface area contributed by atoms with Crippen molar-refractivity contribution < 1.29 is 17.6 Å². The molecular weight excluding hydrogens is 350 g/mol. The van der Waals surface area contributed by atoms with Gasteiger partial charge in [0.25, 0.3) is 0 Å². The molecule has 3 heterocycles. The summed E-state index contributed by atoms with van der Waals surface area (Å²) in [4.78, 5) is 15.0. The molecule has 1 aliphatic rings. The van der Waals surface area contributed by atoms with Gasteiger partial charge in [-0.05, 0) is 31.0 Å². The number of nitrogens with zero attached hydrogens (tertiary/aromatic N) is 5. The largest absolute Gasteiger partial charge is 0.433 e. The fourth-order valence-electron chi connectivity index (χ4n) is 3.17. The van der Waals surface area contributed by atoms with Crippen molar-refractivity contribution in [2.75, 3.05) is 25.0 Å². The molecule has 0 aliphatic carbocycles. The molecule has 3 rings (SSSR count). The van der Waals surface area contributed by atoms with E-state index in [1.54, 1.807) is 18.1 Å². The van der Waals surface area contributed by atoms with E-state index in [2.05, 4.69) is 19.9 Å². The number of piperidine rings is 1. The highest BCUT2D eigenvalue weighted by atomic mass is 19.4. The van der Waals surface area contributed by atoms with Gasteiger partial charge >= 0.3 is 6.18 Å². The lowest BCUT2D eigenvalue weighted by Gasteiger charge is -2.38. The van der Waals surface area contributed by atoms with E-state index in [0.717, 1.165) is 43.5 Å². The zero-order valence-corrected chi connectivity index (χ0v) is 14.2. The molecule has 140 valence electrons. The highest BCUT2D eigenvalue weighted by molar-refractivity contribution is 5.40. The number of likely N-dealkylation sites (tertiary alicyclic amines) is 1. The van der Waals surface area contributed by atoms with Crippen molar-refractivity contribution in [2.24, 2.45) is 0 Å². The van der Waals surface area contributed by atoms with E-state index in [0.29, 0.717) is 13.1 Å². The Morgan fingerprint density at radius 2 is 2.04 bits per heavy atom. The zero-order valence-electron chi connectivity index (χ0n) is 14.2. The number of halogens is 4. The molecule has 0 aromatic carbocycles. The normalized spacial score (nSPS) is 18.7. The van der Waals surface area contributed by atoms with E-state index in [1.165, 1.54) is 6.07 Å². The first-order valence-corrected chi connectivity index (χ1v) is 8.27. The Balaban J connectivity index is 1.69. The second-order valence-electron chi connectivity index (χ2n) is 6.41.